The first-order valence-electron chi connectivity index (χ1n) is 7.77. The first-order valence-corrected chi connectivity index (χ1v) is 9.01. The fourth-order valence-electron chi connectivity index (χ4n) is 2.86. The van der Waals surface area contributed by atoms with Gasteiger partial charge in [0.25, 0.3) is 5.91 Å². The number of nitrogens with one attached hydrogen (secondary N) is 1. The van der Waals surface area contributed by atoms with Gasteiger partial charge in [0, 0.05) is 30.9 Å². The molecule has 1 atom stereocenters. The van der Waals surface area contributed by atoms with Crippen molar-refractivity contribution in [1.82, 2.24) is 19.8 Å². The van der Waals surface area contributed by atoms with Crippen molar-refractivity contribution in [1.29, 1.82) is 0 Å². The van der Waals surface area contributed by atoms with Gasteiger partial charge in [-0.2, -0.15) is 0 Å². The number of likely N-dealkylation sites (N-methyl/N-ethyl adjacent to an activating group) is 1. The Labute approximate surface area is 156 Å². The van der Waals surface area contributed by atoms with Gasteiger partial charge >= 0.3 is 0 Å². The van der Waals surface area contributed by atoms with Crippen LogP contribution in [-0.4, -0.2) is 39.6 Å². The second-order valence-corrected chi connectivity index (χ2v) is 7.08. The van der Waals surface area contributed by atoms with Gasteiger partial charge in [-0.1, -0.05) is 16.6 Å². The zero-order valence-electron chi connectivity index (χ0n) is 14.5. The minimum Gasteiger partial charge on any atom is -0.349 e. The Kier molecular flexibility index (Phi) is 4.82. The molecule has 0 saturated heterocycles. The van der Waals surface area contributed by atoms with Gasteiger partial charge in [-0.15, -0.1) is 5.10 Å². The van der Waals surface area contributed by atoms with Crippen LogP contribution in [0.4, 0.5) is 5.69 Å². The third kappa shape index (κ3) is 3.27. The Hall–Kier alpha value is -2.32. The molecule has 0 spiro atoms. The van der Waals surface area contributed by atoms with Crippen molar-refractivity contribution >= 4 is 40.5 Å². The van der Waals surface area contributed by atoms with E-state index in [2.05, 4.69) is 14.9 Å². The van der Waals surface area contributed by atoms with E-state index in [1.54, 1.807) is 19.0 Å². The van der Waals surface area contributed by atoms with Crippen molar-refractivity contribution < 1.29 is 4.79 Å². The third-order valence-electron chi connectivity index (χ3n) is 4.05. The molecule has 1 aromatic heterocycles. The summed E-state index contributed by atoms with van der Waals surface area (Å²) in [4.78, 5) is 16.3. The number of carbonyl (C=O) groups excluding carboxylic acids is 1. The van der Waals surface area contributed by atoms with Gasteiger partial charge < -0.3 is 10.2 Å². The monoisotopic (exact) mass is 373 g/mol. The summed E-state index contributed by atoms with van der Waals surface area (Å²) in [5, 5.41) is 9.77. The van der Waals surface area contributed by atoms with Crippen LogP contribution in [0.3, 0.4) is 0 Å². The number of amides is 1. The summed E-state index contributed by atoms with van der Waals surface area (Å²) in [7, 11) is 3.48. The molecule has 130 valence electrons. The number of aryl methyl sites for hydroxylation is 1. The number of nitrogens with zero attached hydrogens (tertiary/aromatic N) is 4. The molecule has 0 bridgehead atoms. The average molecular weight is 374 g/mol. The van der Waals surface area contributed by atoms with Crippen LogP contribution in [0, 0.1) is 6.92 Å². The molecule has 0 aliphatic carbocycles. The molecule has 25 heavy (non-hydrogen) atoms. The van der Waals surface area contributed by atoms with Gasteiger partial charge in [0.2, 0.25) is 0 Å². The lowest BCUT2D eigenvalue weighted by Crippen LogP contribution is -2.49. The van der Waals surface area contributed by atoms with Crippen LogP contribution in [-0.2, 0) is 4.79 Å². The van der Waals surface area contributed by atoms with Crippen molar-refractivity contribution in [3.63, 3.8) is 0 Å². The van der Waals surface area contributed by atoms with Crippen molar-refractivity contribution in [3.8, 4) is 0 Å². The summed E-state index contributed by atoms with van der Waals surface area (Å²) < 4.78 is 3.92. The first kappa shape index (κ1) is 17.5. The number of hydrogen-bond acceptors (Lipinski definition) is 5. The zero-order chi connectivity index (χ0) is 18.1. The van der Waals surface area contributed by atoms with E-state index < -0.39 is 6.04 Å². The quantitative estimate of drug-likeness (QED) is 0.835. The van der Waals surface area contributed by atoms with E-state index in [1.165, 1.54) is 11.5 Å². The van der Waals surface area contributed by atoms with Crippen LogP contribution in [0.25, 0.3) is 0 Å². The smallest absolute Gasteiger partial charge is 0.253 e. The predicted molar refractivity (Wildman–Crippen MR) is 103 cm³/mol. The van der Waals surface area contributed by atoms with E-state index in [-0.39, 0.29) is 5.91 Å². The largest absolute Gasteiger partial charge is 0.349 e. The molecular weight excluding hydrogens is 354 g/mol. The highest BCUT2D eigenvalue weighted by Gasteiger charge is 2.36. The Morgan fingerprint density at radius 2 is 2.12 bits per heavy atom. The van der Waals surface area contributed by atoms with Crippen LogP contribution in [0.15, 0.2) is 40.9 Å². The van der Waals surface area contributed by atoms with E-state index >= 15 is 0 Å². The second-order valence-electron chi connectivity index (χ2n) is 6.09. The Morgan fingerprint density at radius 3 is 2.72 bits per heavy atom. The fourth-order valence-corrected chi connectivity index (χ4v) is 3.70. The molecule has 1 N–H and O–H groups in total. The highest BCUT2D eigenvalue weighted by molar-refractivity contribution is 7.80. The van der Waals surface area contributed by atoms with Gasteiger partial charge in [-0.05, 0) is 55.3 Å². The Morgan fingerprint density at radius 1 is 1.36 bits per heavy atom. The molecular formula is C17H19N5OS2. The van der Waals surface area contributed by atoms with Crippen LogP contribution in [0.5, 0.6) is 0 Å². The minimum absolute atomic E-state index is 0.0804. The second kappa shape index (κ2) is 6.89. The van der Waals surface area contributed by atoms with Crippen molar-refractivity contribution in [2.75, 3.05) is 19.0 Å². The van der Waals surface area contributed by atoms with Gasteiger partial charge in [-0.25, -0.2) is 0 Å². The molecule has 1 aromatic carbocycles. The number of anilines is 1. The molecule has 2 aromatic rings. The molecule has 8 heteroatoms. The summed E-state index contributed by atoms with van der Waals surface area (Å²) in [6.07, 6.45) is 0. The van der Waals surface area contributed by atoms with Gasteiger partial charge in [0.05, 0.1) is 5.57 Å². The van der Waals surface area contributed by atoms with Crippen molar-refractivity contribution in [2.45, 2.75) is 19.9 Å². The topological polar surface area (TPSA) is 61.4 Å². The van der Waals surface area contributed by atoms with E-state index in [0.717, 1.165) is 16.9 Å². The number of allylic oxidation sites excluding steroid dienone is 1. The fraction of sp³-hybridized carbons (Fsp3) is 0.294. The van der Waals surface area contributed by atoms with E-state index in [4.69, 9.17) is 12.2 Å². The molecule has 3 rings (SSSR count). The van der Waals surface area contributed by atoms with Crippen molar-refractivity contribution in [2.24, 2.45) is 0 Å². The highest BCUT2D eigenvalue weighted by Crippen LogP contribution is 2.34. The molecule has 0 fully saturated rings. The van der Waals surface area contributed by atoms with E-state index in [9.17, 15) is 4.79 Å². The van der Waals surface area contributed by atoms with E-state index in [1.807, 2.05) is 48.4 Å². The number of aromatic nitrogens is 2. The van der Waals surface area contributed by atoms with Crippen molar-refractivity contribution in [3.05, 3.63) is 52.2 Å². The zero-order valence-corrected chi connectivity index (χ0v) is 16.1. The summed E-state index contributed by atoms with van der Waals surface area (Å²) >= 11 is 6.85. The Bertz CT molecular complexity index is 844. The van der Waals surface area contributed by atoms with Gasteiger partial charge in [-0.3, -0.25) is 9.69 Å². The first-order chi connectivity index (χ1) is 11.9. The summed E-state index contributed by atoms with van der Waals surface area (Å²) in [6.45, 7) is 3.94. The number of thiocarbonyl (C=S) groups is 1. The van der Waals surface area contributed by atoms with Gasteiger partial charge in [0.1, 0.15) is 11.7 Å². The third-order valence-corrected chi connectivity index (χ3v) is 4.88. The standard InChI is InChI=1S/C17H19N5OS2/c1-10-6-5-7-12(8-10)22-11(2)14(16(23)21(3)4)15(18-17(22)24)13-9-25-20-19-13/h5-9,15H,1-4H3,(H,18,24). The molecule has 0 radical (unpaired) electrons. The minimum atomic E-state index is -0.401. The van der Waals surface area contributed by atoms with E-state index in [0.29, 0.717) is 16.4 Å². The summed E-state index contributed by atoms with van der Waals surface area (Å²) in [5.74, 6) is -0.0804. The maximum atomic E-state index is 12.9. The Balaban J connectivity index is 2.16. The molecule has 1 amide bonds. The van der Waals surface area contributed by atoms with Crippen LogP contribution < -0.4 is 10.2 Å². The predicted octanol–water partition coefficient (Wildman–Crippen LogP) is 2.64. The molecule has 0 saturated carbocycles. The normalized spacial score (nSPS) is 17.5. The highest BCUT2D eigenvalue weighted by atomic mass is 32.1. The van der Waals surface area contributed by atoms with Crippen LogP contribution in [0.1, 0.15) is 24.2 Å². The van der Waals surface area contributed by atoms with Crippen LogP contribution >= 0.6 is 23.8 Å². The number of carbonyl (C=O) groups is 1. The summed E-state index contributed by atoms with van der Waals surface area (Å²) in [6, 6.07) is 7.62. The maximum Gasteiger partial charge on any atom is 0.253 e. The average Bonchev–Trinajstić information content (AvgIpc) is 3.08. The van der Waals surface area contributed by atoms with Crippen LogP contribution in [0.2, 0.25) is 0 Å². The molecule has 6 nitrogen and oxygen atoms in total. The number of hydrogen-bond donors (Lipinski definition) is 1. The number of rotatable bonds is 3. The van der Waals surface area contributed by atoms with Gasteiger partial charge in [0.15, 0.2) is 5.11 Å². The molecule has 1 aliphatic heterocycles. The lowest BCUT2D eigenvalue weighted by Gasteiger charge is -2.37. The summed E-state index contributed by atoms with van der Waals surface area (Å²) in [5.41, 5.74) is 4.16. The lowest BCUT2D eigenvalue weighted by atomic mass is 9.98. The molecule has 1 aliphatic rings. The maximum absolute atomic E-state index is 12.9. The molecule has 1 unspecified atom stereocenters. The molecule has 2 heterocycles. The number of benzene rings is 1. The SMILES string of the molecule is CC1=C(C(=O)N(C)C)C(c2csnn2)NC(=S)N1c1cccc(C)c1. The lowest BCUT2D eigenvalue weighted by molar-refractivity contribution is -0.125.